The lowest BCUT2D eigenvalue weighted by atomic mass is 9.89. The summed E-state index contributed by atoms with van der Waals surface area (Å²) in [5, 5.41) is 5.31. The third kappa shape index (κ3) is 6.72. The number of carbonyl (C=O) groups excluding carboxylic acids is 2. The zero-order valence-electron chi connectivity index (χ0n) is 21.4. The molecule has 0 radical (unpaired) electrons. The maximum absolute atomic E-state index is 13.7. The molecular formula is C27H28ClF2N5O3S. The van der Waals surface area contributed by atoms with Gasteiger partial charge in [-0.3, -0.25) is 9.52 Å². The summed E-state index contributed by atoms with van der Waals surface area (Å²) in [6.45, 7) is 4.65. The third-order valence-corrected chi connectivity index (χ3v) is 8.00. The Labute approximate surface area is 232 Å². The van der Waals surface area contributed by atoms with Gasteiger partial charge in [-0.25, -0.2) is 22.8 Å². The van der Waals surface area contributed by atoms with Gasteiger partial charge in [0.05, 0.1) is 11.3 Å². The van der Waals surface area contributed by atoms with Gasteiger partial charge in [-0.1, -0.05) is 23.7 Å². The van der Waals surface area contributed by atoms with E-state index in [-0.39, 0.29) is 38.9 Å². The second-order valence-electron chi connectivity index (χ2n) is 9.10. The molecule has 0 saturated carbocycles. The summed E-state index contributed by atoms with van der Waals surface area (Å²) in [5.74, 6) is -0.857. The number of likely N-dealkylation sites (tertiary alicyclic amines) is 1. The zero-order valence-corrected chi connectivity index (χ0v) is 23.0. The lowest BCUT2D eigenvalue weighted by Crippen LogP contribution is -2.38. The standard InChI is InChI=1S/C27H28ClF2N5O3S/c1-3-31-27(37)34-39(38)25-23(28)24(33-22-9-8-20(30)14-16(22)2)21(15-32-25)26(36)35-12-10-18(11-13-35)17-4-6-19(29)7-5-17/h4-9,14-15,18H,3,10-13H2,1-2H3,(H,32,33)(H2,31,34,37). The molecular weight excluding hydrogens is 548 g/mol. The zero-order chi connectivity index (χ0) is 28.1. The molecule has 206 valence electrons. The summed E-state index contributed by atoms with van der Waals surface area (Å²) in [5.41, 5.74) is 2.36. The first-order chi connectivity index (χ1) is 18.7. The number of aryl methyl sites for hydroxylation is 1. The van der Waals surface area contributed by atoms with Crippen molar-refractivity contribution in [2.24, 2.45) is 0 Å². The Morgan fingerprint density at radius 1 is 1.10 bits per heavy atom. The van der Waals surface area contributed by atoms with Crippen LogP contribution in [-0.4, -0.2) is 45.7 Å². The maximum Gasteiger partial charge on any atom is 0.326 e. The number of nitrogens with one attached hydrogen (secondary N) is 3. The maximum atomic E-state index is 13.7. The van der Waals surface area contributed by atoms with Gasteiger partial charge in [0.25, 0.3) is 5.91 Å². The van der Waals surface area contributed by atoms with E-state index in [1.807, 2.05) is 0 Å². The number of anilines is 2. The highest BCUT2D eigenvalue weighted by atomic mass is 35.5. The van der Waals surface area contributed by atoms with Crippen LogP contribution in [-0.2, 0) is 11.0 Å². The second-order valence-corrected chi connectivity index (χ2v) is 10.6. The first-order valence-electron chi connectivity index (χ1n) is 12.4. The number of rotatable bonds is 7. The number of nitrogens with zero attached hydrogens (tertiary/aromatic N) is 2. The molecule has 1 aromatic heterocycles. The van der Waals surface area contributed by atoms with Crippen molar-refractivity contribution in [1.29, 1.82) is 0 Å². The Balaban J connectivity index is 1.62. The summed E-state index contributed by atoms with van der Waals surface area (Å²) in [4.78, 5) is 31.4. The van der Waals surface area contributed by atoms with Gasteiger partial charge < -0.3 is 15.5 Å². The van der Waals surface area contributed by atoms with Crippen LogP contribution in [0.3, 0.4) is 0 Å². The van der Waals surface area contributed by atoms with Crippen LogP contribution in [0.2, 0.25) is 5.02 Å². The predicted octanol–water partition coefficient (Wildman–Crippen LogP) is 5.43. The first-order valence-corrected chi connectivity index (χ1v) is 13.9. The van der Waals surface area contributed by atoms with Crippen molar-refractivity contribution in [2.75, 3.05) is 25.0 Å². The fourth-order valence-corrected chi connectivity index (χ4v) is 5.59. The summed E-state index contributed by atoms with van der Waals surface area (Å²) >= 11 is 6.64. The van der Waals surface area contributed by atoms with Gasteiger partial charge >= 0.3 is 6.03 Å². The molecule has 1 aliphatic rings. The molecule has 1 unspecified atom stereocenters. The van der Waals surface area contributed by atoms with E-state index in [2.05, 4.69) is 20.3 Å². The molecule has 3 N–H and O–H groups in total. The lowest BCUT2D eigenvalue weighted by molar-refractivity contribution is 0.0713. The van der Waals surface area contributed by atoms with Gasteiger partial charge in [-0.05, 0) is 74.1 Å². The molecule has 4 rings (SSSR count). The highest BCUT2D eigenvalue weighted by molar-refractivity contribution is 7.83. The van der Waals surface area contributed by atoms with Gasteiger partial charge in [0.1, 0.15) is 16.7 Å². The molecule has 3 amide bonds. The molecule has 0 bridgehead atoms. The first kappa shape index (κ1) is 28.4. The monoisotopic (exact) mass is 575 g/mol. The third-order valence-electron chi connectivity index (χ3n) is 6.49. The quantitative estimate of drug-likeness (QED) is 0.349. The number of halogens is 3. The van der Waals surface area contributed by atoms with Crippen molar-refractivity contribution >= 4 is 45.9 Å². The number of aromatic nitrogens is 1. The van der Waals surface area contributed by atoms with Gasteiger partial charge in [0.2, 0.25) is 0 Å². The van der Waals surface area contributed by atoms with E-state index in [1.54, 1.807) is 30.9 Å². The highest BCUT2D eigenvalue weighted by Gasteiger charge is 2.29. The summed E-state index contributed by atoms with van der Waals surface area (Å²) in [7, 11) is -2.11. The molecule has 8 nitrogen and oxygen atoms in total. The van der Waals surface area contributed by atoms with Gasteiger partial charge in [0, 0.05) is 31.5 Å². The van der Waals surface area contributed by atoms with Crippen molar-refractivity contribution in [3.05, 3.63) is 82.0 Å². The summed E-state index contributed by atoms with van der Waals surface area (Å²) in [6.07, 6.45) is 2.65. The van der Waals surface area contributed by atoms with Crippen molar-refractivity contribution in [3.8, 4) is 0 Å². The van der Waals surface area contributed by atoms with Crippen molar-refractivity contribution in [1.82, 2.24) is 19.9 Å². The average Bonchev–Trinajstić information content (AvgIpc) is 2.91. The van der Waals surface area contributed by atoms with Crippen molar-refractivity contribution < 1.29 is 22.6 Å². The lowest BCUT2D eigenvalue weighted by Gasteiger charge is -2.33. The molecule has 39 heavy (non-hydrogen) atoms. The predicted molar refractivity (Wildman–Crippen MR) is 147 cm³/mol. The smallest absolute Gasteiger partial charge is 0.326 e. The number of piperidine rings is 1. The SMILES string of the molecule is CCNC(=O)NS(=O)c1ncc(C(=O)N2CCC(c3ccc(F)cc3)CC2)c(Nc2ccc(F)cc2C)c1Cl. The van der Waals surface area contributed by atoms with Crippen LogP contribution in [0.1, 0.15) is 47.2 Å². The number of urea groups is 1. The van der Waals surface area contributed by atoms with E-state index in [0.717, 1.165) is 5.56 Å². The second kappa shape index (κ2) is 12.5. The molecule has 1 atom stereocenters. The van der Waals surface area contributed by atoms with Crippen LogP contribution in [0.4, 0.5) is 25.0 Å². The van der Waals surface area contributed by atoms with Crippen LogP contribution in [0, 0.1) is 18.6 Å². The molecule has 2 aromatic carbocycles. The Kier molecular flexibility index (Phi) is 9.13. The van der Waals surface area contributed by atoms with Crippen LogP contribution in [0.5, 0.6) is 0 Å². The largest absolute Gasteiger partial charge is 0.353 e. The topological polar surface area (TPSA) is 103 Å². The van der Waals surface area contributed by atoms with Crippen LogP contribution in [0.15, 0.2) is 53.7 Å². The Hall–Kier alpha value is -3.57. The van der Waals surface area contributed by atoms with Crippen LogP contribution >= 0.6 is 11.6 Å². The van der Waals surface area contributed by atoms with Crippen molar-refractivity contribution in [2.45, 2.75) is 37.6 Å². The minimum Gasteiger partial charge on any atom is -0.353 e. The Morgan fingerprint density at radius 3 is 2.41 bits per heavy atom. The fraction of sp³-hybridized carbons (Fsp3) is 0.296. The van der Waals surface area contributed by atoms with E-state index in [4.69, 9.17) is 11.6 Å². The van der Waals surface area contributed by atoms with E-state index in [1.165, 1.54) is 36.5 Å². The molecule has 2 heterocycles. The van der Waals surface area contributed by atoms with E-state index < -0.39 is 22.8 Å². The highest BCUT2D eigenvalue weighted by Crippen LogP contribution is 2.36. The van der Waals surface area contributed by atoms with Gasteiger partial charge in [0.15, 0.2) is 16.0 Å². The molecule has 0 spiro atoms. The molecule has 0 aliphatic carbocycles. The van der Waals surface area contributed by atoms with Crippen LogP contribution in [0.25, 0.3) is 0 Å². The summed E-state index contributed by atoms with van der Waals surface area (Å²) < 4.78 is 42.1. The van der Waals surface area contributed by atoms with E-state index in [0.29, 0.717) is 43.7 Å². The number of hydrogen-bond acceptors (Lipinski definition) is 5. The van der Waals surface area contributed by atoms with Crippen LogP contribution < -0.4 is 15.4 Å². The molecule has 3 aromatic rings. The number of amides is 3. The van der Waals surface area contributed by atoms with E-state index in [9.17, 15) is 22.6 Å². The number of hydrogen-bond donors (Lipinski definition) is 3. The van der Waals surface area contributed by atoms with Gasteiger partial charge in [-0.15, -0.1) is 0 Å². The number of pyridine rings is 1. The van der Waals surface area contributed by atoms with Gasteiger partial charge in [-0.2, -0.15) is 0 Å². The van der Waals surface area contributed by atoms with E-state index >= 15 is 0 Å². The van der Waals surface area contributed by atoms with Crippen molar-refractivity contribution in [3.63, 3.8) is 0 Å². The normalized spacial score (nSPS) is 14.5. The Bertz CT molecular complexity index is 1400. The minimum absolute atomic E-state index is 0.110. The number of carbonyl (C=O) groups is 2. The Morgan fingerprint density at radius 2 is 1.77 bits per heavy atom. The fourth-order valence-electron chi connectivity index (χ4n) is 4.44. The summed E-state index contributed by atoms with van der Waals surface area (Å²) in [6, 6.07) is 9.83. The molecule has 1 fully saturated rings. The average molecular weight is 576 g/mol. The molecule has 1 aliphatic heterocycles. The minimum atomic E-state index is -2.11. The number of benzene rings is 2. The molecule has 1 saturated heterocycles. The molecule has 12 heteroatoms.